The van der Waals surface area contributed by atoms with Crippen molar-refractivity contribution in [1.82, 2.24) is 14.8 Å². The molecule has 0 unspecified atom stereocenters. The number of nitrogen functional groups attached to an aromatic ring is 1. The molecule has 2 aromatic rings. The van der Waals surface area contributed by atoms with Crippen molar-refractivity contribution in [2.45, 2.75) is 10.9 Å². The van der Waals surface area contributed by atoms with E-state index in [1.54, 1.807) is 25.2 Å². The predicted molar refractivity (Wildman–Crippen MR) is 71.2 cm³/mol. The van der Waals surface area contributed by atoms with Gasteiger partial charge in [0.25, 0.3) is 0 Å². The van der Waals surface area contributed by atoms with Gasteiger partial charge in [-0.15, -0.1) is 5.10 Å². The number of nitrogens with two attached hydrogens (primary N) is 1. The maximum Gasteiger partial charge on any atom is 0.343 e. The maximum absolute atomic E-state index is 11.2. The van der Waals surface area contributed by atoms with E-state index < -0.39 is 5.97 Å². The number of nitrogens with zero attached hydrogens (tertiary/aromatic N) is 2. The number of hydrogen-bond donors (Lipinski definition) is 3. The van der Waals surface area contributed by atoms with Crippen molar-refractivity contribution in [2.75, 3.05) is 5.73 Å². The Labute approximate surface area is 112 Å². The number of H-pyrrole nitrogens is 1. The molecule has 100 valence electrons. The van der Waals surface area contributed by atoms with Crippen molar-refractivity contribution < 1.29 is 9.90 Å². The van der Waals surface area contributed by atoms with Gasteiger partial charge in [-0.2, -0.15) is 0 Å². The zero-order valence-corrected chi connectivity index (χ0v) is 10.9. The van der Waals surface area contributed by atoms with E-state index >= 15 is 0 Å². The quantitative estimate of drug-likeness (QED) is 0.560. The van der Waals surface area contributed by atoms with Crippen LogP contribution in [-0.2, 0) is 12.8 Å². The number of aromatic carboxylic acids is 1. The zero-order valence-electron chi connectivity index (χ0n) is 10.1. The summed E-state index contributed by atoms with van der Waals surface area (Å²) < 4.78 is 1.36. The van der Waals surface area contributed by atoms with E-state index in [1.165, 1.54) is 16.3 Å². The summed E-state index contributed by atoms with van der Waals surface area (Å²) in [6, 6.07) is 4.93. The molecule has 0 spiro atoms. The van der Waals surface area contributed by atoms with Crippen LogP contribution in [0.3, 0.4) is 0 Å². The fourth-order valence-electron chi connectivity index (χ4n) is 1.61. The Morgan fingerprint density at radius 1 is 1.58 bits per heavy atom. The van der Waals surface area contributed by atoms with Gasteiger partial charge in [0, 0.05) is 18.5 Å². The van der Waals surface area contributed by atoms with Crippen molar-refractivity contribution in [1.29, 1.82) is 0 Å². The Bertz CT molecular complexity index is 677. The molecule has 0 amide bonds. The molecule has 0 aliphatic carbocycles. The lowest BCUT2D eigenvalue weighted by molar-refractivity contribution is 0.0697. The summed E-state index contributed by atoms with van der Waals surface area (Å²) in [5, 5.41) is 15.8. The molecule has 7 nitrogen and oxygen atoms in total. The molecule has 0 bridgehead atoms. The molecular weight excluding hydrogens is 268 g/mol. The lowest BCUT2D eigenvalue weighted by Crippen LogP contribution is -2.13. The summed E-state index contributed by atoms with van der Waals surface area (Å²) in [6.07, 6.45) is 0. The van der Waals surface area contributed by atoms with Crippen LogP contribution in [0.5, 0.6) is 0 Å². The third kappa shape index (κ3) is 2.63. The molecule has 19 heavy (non-hydrogen) atoms. The molecule has 1 aromatic heterocycles. The van der Waals surface area contributed by atoms with Crippen molar-refractivity contribution in [3.8, 4) is 0 Å². The summed E-state index contributed by atoms with van der Waals surface area (Å²) in [5.41, 5.74) is 6.25. The zero-order chi connectivity index (χ0) is 14.0. The van der Waals surface area contributed by atoms with Crippen LogP contribution in [0.4, 0.5) is 5.69 Å². The molecule has 0 fully saturated rings. The summed E-state index contributed by atoms with van der Waals surface area (Å²) in [4.78, 5) is 22.4. The van der Waals surface area contributed by atoms with E-state index in [0.717, 1.165) is 0 Å². The first-order valence-electron chi connectivity index (χ1n) is 5.35. The normalized spacial score (nSPS) is 10.6. The van der Waals surface area contributed by atoms with Crippen LogP contribution >= 0.6 is 11.8 Å². The average molecular weight is 280 g/mol. The van der Waals surface area contributed by atoms with Crippen molar-refractivity contribution >= 4 is 23.4 Å². The van der Waals surface area contributed by atoms with E-state index in [2.05, 4.69) is 10.2 Å². The Hall–Kier alpha value is -2.22. The maximum atomic E-state index is 11.2. The molecule has 1 heterocycles. The number of carboxylic acid groups (broad SMARTS) is 1. The molecular formula is C11H12N4O3S. The summed E-state index contributed by atoms with van der Waals surface area (Å²) in [7, 11) is 1.59. The SMILES string of the molecule is Cn1c(SCc2cccc(N)c2C(=O)O)n[nH]c1=O. The summed E-state index contributed by atoms with van der Waals surface area (Å²) in [5.74, 6) is -0.699. The van der Waals surface area contributed by atoms with Gasteiger partial charge in [0.05, 0.1) is 5.56 Å². The van der Waals surface area contributed by atoms with Gasteiger partial charge in [-0.3, -0.25) is 4.57 Å². The molecule has 0 aliphatic rings. The second-order valence-electron chi connectivity index (χ2n) is 3.85. The van der Waals surface area contributed by atoms with Crippen molar-refractivity contribution in [3.63, 3.8) is 0 Å². The predicted octanol–water partition coefficient (Wildman–Crippen LogP) is 0.681. The average Bonchev–Trinajstić information content (AvgIpc) is 2.67. The first kappa shape index (κ1) is 13.2. The number of thioether (sulfide) groups is 1. The molecule has 0 saturated heterocycles. The highest BCUT2D eigenvalue weighted by atomic mass is 32.2. The van der Waals surface area contributed by atoms with Gasteiger partial charge in [-0.05, 0) is 11.6 Å². The minimum Gasteiger partial charge on any atom is -0.478 e. The molecule has 0 aliphatic heterocycles. The Morgan fingerprint density at radius 2 is 2.32 bits per heavy atom. The van der Waals surface area contributed by atoms with Gasteiger partial charge in [-0.25, -0.2) is 14.7 Å². The van der Waals surface area contributed by atoms with Gasteiger partial charge >= 0.3 is 11.7 Å². The number of carboxylic acids is 1. The van der Waals surface area contributed by atoms with E-state index in [9.17, 15) is 9.59 Å². The number of anilines is 1. The van der Waals surface area contributed by atoms with Gasteiger partial charge in [0.2, 0.25) is 0 Å². The van der Waals surface area contributed by atoms with Crippen molar-refractivity contribution in [2.24, 2.45) is 7.05 Å². The topological polar surface area (TPSA) is 114 Å². The molecule has 0 atom stereocenters. The lowest BCUT2D eigenvalue weighted by atomic mass is 10.1. The standard InChI is InChI=1S/C11H12N4O3S/c1-15-10(18)13-14-11(15)19-5-6-3-2-4-7(12)8(6)9(16)17/h2-4H,5,12H2,1H3,(H,13,18)(H,16,17). The van der Waals surface area contributed by atoms with Gasteiger partial charge in [0.1, 0.15) is 0 Å². The highest BCUT2D eigenvalue weighted by molar-refractivity contribution is 7.98. The number of rotatable bonds is 4. The monoisotopic (exact) mass is 280 g/mol. The first-order valence-corrected chi connectivity index (χ1v) is 6.34. The number of aromatic nitrogens is 3. The largest absolute Gasteiger partial charge is 0.478 e. The highest BCUT2D eigenvalue weighted by Crippen LogP contribution is 2.24. The second-order valence-corrected chi connectivity index (χ2v) is 4.79. The van der Waals surface area contributed by atoms with Crippen LogP contribution in [0.1, 0.15) is 15.9 Å². The summed E-state index contributed by atoms with van der Waals surface area (Å²) in [6.45, 7) is 0. The van der Waals surface area contributed by atoms with E-state index in [0.29, 0.717) is 16.5 Å². The third-order valence-electron chi connectivity index (χ3n) is 2.59. The fraction of sp³-hybridized carbons (Fsp3) is 0.182. The van der Waals surface area contributed by atoms with Gasteiger partial charge in [-0.1, -0.05) is 23.9 Å². The highest BCUT2D eigenvalue weighted by Gasteiger charge is 2.14. The van der Waals surface area contributed by atoms with Gasteiger partial charge in [0.15, 0.2) is 5.16 Å². The molecule has 0 saturated carbocycles. The number of nitrogens with one attached hydrogen (secondary N) is 1. The number of hydrogen-bond acceptors (Lipinski definition) is 5. The minimum atomic E-state index is -1.07. The molecule has 1 aromatic carbocycles. The molecule has 8 heteroatoms. The number of benzene rings is 1. The lowest BCUT2D eigenvalue weighted by Gasteiger charge is -2.07. The third-order valence-corrected chi connectivity index (χ3v) is 3.67. The van der Waals surface area contributed by atoms with Crippen LogP contribution in [0.2, 0.25) is 0 Å². The summed E-state index contributed by atoms with van der Waals surface area (Å²) >= 11 is 1.26. The Kier molecular flexibility index (Phi) is 3.61. The molecule has 2 rings (SSSR count). The Balaban J connectivity index is 2.25. The van der Waals surface area contributed by atoms with Crippen LogP contribution in [0.25, 0.3) is 0 Å². The van der Waals surface area contributed by atoms with E-state index in [4.69, 9.17) is 10.8 Å². The van der Waals surface area contributed by atoms with E-state index in [1.807, 2.05) is 0 Å². The van der Waals surface area contributed by atoms with Crippen LogP contribution in [0.15, 0.2) is 28.2 Å². The van der Waals surface area contributed by atoms with Crippen LogP contribution in [0, 0.1) is 0 Å². The minimum absolute atomic E-state index is 0.0931. The smallest absolute Gasteiger partial charge is 0.343 e. The van der Waals surface area contributed by atoms with Gasteiger partial charge < -0.3 is 10.8 Å². The number of carbonyl (C=O) groups is 1. The fourth-order valence-corrected chi connectivity index (χ4v) is 2.52. The first-order chi connectivity index (χ1) is 9.00. The van der Waals surface area contributed by atoms with Crippen molar-refractivity contribution in [3.05, 3.63) is 39.8 Å². The second kappa shape index (κ2) is 5.19. The Morgan fingerprint density at radius 3 is 2.89 bits per heavy atom. The molecule has 4 N–H and O–H groups in total. The number of aromatic amines is 1. The molecule has 0 radical (unpaired) electrons. The van der Waals surface area contributed by atoms with Crippen LogP contribution in [-0.4, -0.2) is 25.8 Å². The van der Waals surface area contributed by atoms with Crippen LogP contribution < -0.4 is 11.4 Å². The van der Waals surface area contributed by atoms with E-state index in [-0.39, 0.29) is 16.9 Å².